The minimum absolute atomic E-state index is 0.174. The van der Waals surface area contributed by atoms with Crippen molar-refractivity contribution in [3.63, 3.8) is 0 Å². The summed E-state index contributed by atoms with van der Waals surface area (Å²) in [6.45, 7) is 5.41. The Balaban J connectivity index is 2.39. The number of aromatic nitrogens is 2. The number of carboxylic acids is 1. The Morgan fingerprint density at radius 3 is 2.63 bits per heavy atom. The van der Waals surface area contributed by atoms with Crippen LogP contribution in [-0.4, -0.2) is 27.0 Å². The lowest BCUT2D eigenvalue weighted by atomic mass is 10.2. The number of ether oxygens (including phenoxy) is 2. The Labute approximate surface area is 168 Å². The second kappa shape index (κ2) is 9.15. The predicted molar refractivity (Wildman–Crippen MR) is 106 cm³/mol. The van der Waals surface area contributed by atoms with E-state index in [0.29, 0.717) is 11.6 Å². The van der Waals surface area contributed by atoms with E-state index in [0.717, 1.165) is 24.1 Å². The first-order valence-electron chi connectivity index (χ1n) is 8.51. The monoisotopic (exact) mass is 412 g/mol. The number of rotatable bonds is 8. The summed E-state index contributed by atoms with van der Waals surface area (Å²) in [5, 5.41) is 13.9. The largest absolute Gasteiger partial charge is 0.479 e. The number of halogens is 2. The second-order valence-electron chi connectivity index (χ2n) is 6.03. The first kappa shape index (κ1) is 21.1. The number of nitrogens with zero attached hydrogens (tertiary/aromatic N) is 2. The van der Waals surface area contributed by atoms with Crippen LogP contribution in [0.1, 0.15) is 37.9 Å². The van der Waals surface area contributed by atoms with Crippen LogP contribution in [0.5, 0.6) is 17.4 Å². The van der Waals surface area contributed by atoms with Crippen LogP contribution in [0.3, 0.4) is 0 Å². The van der Waals surface area contributed by atoms with Crippen LogP contribution in [0.2, 0.25) is 10.0 Å². The number of benzene rings is 1. The van der Waals surface area contributed by atoms with E-state index >= 15 is 0 Å². The minimum atomic E-state index is -1.10. The zero-order chi connectivity index (χ0) is 20.1. The minimum Gasteiger partial charge on any atom is -0.479 e. The molecule has 0 aliphatic rings. The summed E-state index contributed by atoms with van der Waals surface area (Å²) in [5.41, 5.74) is 1.67. The second-order valence-corrected chi connectivity index (χ2v) is 6.85. The van der Waals surface area contributed by atoms with Gasteiger partial charge in [-0.3, -0.25) is 0 Å². The van der Waals surface area contributed by atoms with Gasteiger partial charge in [0.2, 0.25) is 5.88 Å². The molecular formula is C19H22Cl2N2O4. The van der Waals surface area contributed by atoms with Gasteiger partial charge in [-0.1, -0.05) is 48.7 Å². The van der Waals surface area contributed by atoms with Gasteiger partial charge in [-0.2, -0.15) is 5.10 Å². The van der Waals surface area contributed by atoms with Crippen molar-refractivity contribution < 1.29 is 19.4 Å². The molecule has 0 saturated carbocycles. The van der Waals surface area contributed by atoms with Crippen molar-refractivity contribution in [1.82, 2.24) is 9.78 Å². The molecule has 2 rings (SSSR count). The van der Waals surface area contributed by atoms with Crippen molar-refractivity contribution in [3.05, 3.63) is 39.5 Å². The van der Waals surface area contributed by atoms with E-state index in [2.05, 4.69) is 18.1 Å². The molecule has 0 saturated heterocycles. The molecule has 2 aromatic rings. The highest BCUT2D eigenvalue weighted by Gasteiger charge is 2.19. The smallest absolute Gasteiger partial charge is 0.344 e. The molecule has 0 bridgehead atoms. The zero-order valence-electron chi connectivity index (χ0n) is 15.6. The fourth-order valence-corrected chi connectivity index (χ4v) is 2.82. The van der Waals surface area contributed by atoms with Crippen LogP contribution in [0.25, 0.3) is 6.08 Å². The Kier molecular flexibility index (Phi) is 7.16. The molecule has 0 fully saturated rings. The van der Waals surface area contributed by atoms with Crippen molar-refractivity contribution in [2.24, 2.45) is 7.05 Å². The summed E-state index contributed by atoms with van der Waals surface area (Å²) < 4.78 is 13.0. The van der Waals surface area contributed by atoms with Crippen LogP contribution in [0.15, 0.2) is 18.2 Å². The van der Waals surface area contributed by atoms with Gasteiger partial charge in [0.15, 0.2) is 11.9 Å². The van der Waals surface area contributed by atoms with Gasteiger partial charge in [0, 0.05) is 13.1 Å². The van der Waals surface area contributed by atoms with Crippen molar-refractivity contribution in [3.8, 4) is 17.4 Å². The van der Waals surface area contributed by atoms with Gasteiger partial charge < -0.3 is 14.6 Å². The number of aryl methyl sites for hydroxylation is 2. The van der Waals surface area contributed by atoms with Crippen LogP contribution < -0.4 is 9.47 Å². The summed E-state index contributed by atoms with van der Waals surface area (Å²) >= 11 is 12.4. The Morgan fingerprint density at radius 1 is 1.33 bits per heavy atom. The quantitative estimate of drug-likeness (QED) is 0.619. The normalized spacial score (nSPS) is 12.4. The maximum Gasteiger partial charge on any atom is 0.344 e. The topological polar surface area (TPSA) is 73.6 Å². The first-order valence-corrected chi connectivity index (χ1v) is 9.26. The molecule has 146 valence electrons. The van der Waals surface area contributed by atoms with Gasteiger partial charge in [-0.15, -0.1) is 0 Å². The molecule has 0 unspecified atom stereocenters. The van der Waals surface area contributed by atoms with E-state index in [-0.39, 0.29) is 15.8 Å². The molecule has 0 aliphatic carbocycles. The summed E-state index contributed by atoms with van der Waals surface area (Å²) in [7, 11) is 1.77. The van der Waals surface area contributed by atoms with Crippen molar-refractivity contribution in [2.45, 2.75) is 39.7 Å². The molecule has 1 N–H and O–H groups in total. The zero-order valence-corrected chi connectivity index (χ0v) is 17.1. The predicted octanol–water partition coefficient (Wildman–Crippen LogP) is 5.49. The molecule has 0 amide bonds. The van der Waals surface area contributed by atoms with Crippen LogP contribution in [0, 0.1) is 6.92 Å². The third kappa shape index (κ3) is 5.17. The molecule has 0 aliphatic heterocycles. The maximum absolute atomic E-state index is 11.0. The van der Waals surface area contributed by atoms with E-state index in [1.807, 2.05) is 13.0 Å². The third-order valence-corrected chi connectivity index (χ3v) is 4.39. The molecule has 6 nitrogen and oxygen atoms in total. The Morgan fingerprint density at radius 2 is 2.00 bits per heavy atom. The molecule has 0 spiro atoms. The highest BCUT2D eigenvalue weighted by Crippen LogP contribution is 2.39. The highest BCUT2D eigenvalue weighted by molar-refractivity contribution is 6.36. The lowest BCUT2D eigenvalue weighted by molar-refractivity contribution is -0.144. The number of carbonyl (C=O) groups is 1. The Hall–Kier alpha value is -2.18. The summed E-state index contributed by atoms with van der Waals surface area (Å²) in [6.07, 6.45) is 4.94. The number of hydrogen-bond donors (Lipinski definition) is 1. The van der Waals surface area contributed by atoms with Crippen molar-refractivity contribution in [2.75, 3.05) is 0 Å². The molecule has 1 heterocycles. The molecule has 0 radical (unpaired) electrons. The van der Waals surface area contributed by atoms with Gasteiger partial charge in [-0.05, 0) is 26.3 Å². The Bertz CT molecular complexity index is 862. The number of allylic oxidation sites excluding steroid dienone is 1. The van der Waals surface area contributed by atoms with Gasteiger partial charge in [0.1, 0.15) is 5.75 Å². The number of aliphatic carboxylic acids is 1. The van der Waals surface area contributed by atoms with Crippen molar-refractivity contribution >= 4 is 35.2 Å². The average Bonchev–Trinajstić information content (AvgIpc) is 2.85. The van der Waals surface area contributed by atoms with E-state index in [4.69, 9.17) is 37.8 Å². The lowest BCUT2D eigenvalue weighted by Crippen LogP contribution is -2.23. The maximum atomic E-state index is 11.0. The molecule has 8 heteroatoms. The van der Waals surface area contributed by atoms with Crippen LogP contribution >= 0.6 is 23.2 Å². The van der Waals surface area contributed by atoms with Crippen molar-refractivity contribution in [1.29, 1.82) is 0 Å². The fraction of sp³-hybridized carbons (Fsp3) is 0.368. The third-order valence-electron chi connectivity index (χ3n) is 3.80. The molecule has 1 atom stereocenters. The average molecular weight is 413 g/mol. The first-order chi connectivity index (χ1) is 12.7. The van der Waals surface area contributed by atoms with Gasteiger partial charge >= 0.3 is 5.97 Å². The van der Waals surface area contributed by atoms with E-state index in [9.17, 15) is 4.79 Å². The molecular weight excluding hydrogens is 391 g/mol. The molecule has 1 aromatic carbocycles. The van der Waals surface area contributed by atoms with E-state index in [1.54, 1.807) is 11.7 Å². The van der Waals surface area contributed by atoms with Crippen LogP contribution in [0.4, 0.5) is 0 Å². The molecule has 27 heavy (non-hydrogen) atoms. The summed E-state index contributed by atoms with van der Waals surface area (Å²) in [6, 6.07) is 2.93. The summed E-state index contributed by atoms with van der Waals surface area (Å²) in [5.74, 6) is -0.120. The number of carboxylic acid groups (broad SMARTS) is 1. The summed E-state index contributed by atoms with van der Waals surface area (Å²) in [4.78, 5) is 11.0. The SMILES string of the molecule is CCCC=Cc1c(C)nn(C)c1Oc1cc(O[C@@H](C)C(=O)O)c(Cl)cc1Cl. The van der Waals surface area contributed by atoms with Crippen LogP contribution in [-0.2, 0) is 11.8 Å². The van der Waals surface area contributed by atoms with Gasteiger partial charge in [-0.25, -0.2) is 9.48 Å². The lowest BCUT2D eigenvalue weighted by Gasteiger charge is -2.15. The fourth-order valence-electron chi connectivity index (χ4n) is 2.36. The van der Waals surface area contributed by atoms with E-state index < -0.39 is 12.1 Å². The molecule has 1 aromatic heterocycles. The van der Waals surface area contributed by atoms with Gasteiger partial charge in [0.05, 0.1) is 21.3 Å². The number of hydrogen-bond acceptors (Lipinski definition) is 4. The van der Waals surface area contributed by atoms with E-state index in [1.165, 1.54) is 19.1 Å². The standard InChI is InChI=1S/C19H22Cl2N2O4/c1-5-6-7-8-13-11(2)22-23(4)18(13)27-17-10-16(14(20)9-15(17)21)26-12(3)19(24)25/h7-10,12H,5-6H2,1-4H3,(H,24,25)/t12-/m0/s1. The highest BCUT2D eigenvalue weighted by atomic mass is 35.5. The van der Waals surface area contributed by atoms with Gasteiger partial charge in [0.25, 0.3) is 0 Å². The number of unbranched alkanes of at least 4 members (excludes halogenated alkanes) is 1.